The van der Waals surface area contributed by atoms with Gasteiger partial charge in [0.2, 0.25) is 5.91 Å². The van der Waals surface area contributed by atoms with Crippen molar-refractivity contribution >= 4 is 23.6 Å². The summed E-state index contributed by atoms with van der Waals surface area (Å²) in [7, 11) is 1.36. The van der Waals surface area contributed by atoms with Crippen LogP contribution in [0.15, 0.2) is 17.0 Å². The van der Waals surface area contributed by atoms with E-state index < -0.39 is 6.04 Å². The second-order valence-electron chi connectivity index (χ2n) is 9.73. The van der Waals surface area contributed by atoms with Crippen LogP contribution in [-0.4, -0.2) is 47.3 Å². The van der Waals surface area contributed by atoms with Crippen LogP contribution in [0.5, 0.6) is 5.75 Å². The van der Waals surface area contributed by atoms with Crippen LogP contribution in [0.25, 0.3) is 0 Å². The van der Waals surface area contributed by atoms with Gasteiger partial charge in [0.05, 0.1) is 7.11 Å². The predicted molar refractivity (Wildman–Crippen MR) is 118 cm³/mol. The number of hydrogen-bond donors (Lipinski definition) is 1. The van der Waals surface area contributed by atoms with E-state index in [-0.39, 0.29) is 22.7 Å². The second kappa shape index (κ2) is 8.99. The number of methoxy groups -OCH3 is 1. The first kappa shape index (κ1) is 23.6. The summed E-state index contributed by atoms with van der Waals surface area (Å²) < 4.78 is 4.83. The van der Waals surface area contributed by atoms with E-state index in [9.17, 15) is 14.7 Å². The third-order valence-corrected chi connectivity index (χ3v) is 6.31. The fourth-order valence-corrected chi connectivity index (χ4v) is 4.60. The molecule has 29 heavy (non-hydrogen) atoms. The maximum absolute atomic E-state index is 12.6. The maximum atomic E-state index is 12.6. The van der Waals surface area contributed by atoms with Crippen molar-refractivity contribution in [2.75, 3.05) is 19.4 Å². The minimum atomic E-state index is -0.439. The van der Waals surface area contributed by atoms with Crippen molar-refractivity contribution in [2.24, 2.45) is 0 Å². The molecule has 0 aromatic heterocycles. The van der Waals surface area contributed by atoms with Gasteiger partial charge in [-0.3, -0.25) is 4.79 Å². The van der Waals surface area contributed by atoms with E-state index in [2.05, 4.69) is 41.5 Å². The standard InChI is InChI=1S/C23H35NO4S/c1-22(2,3)16-13-15(14-17(20(16)26)23(4,5)6)29-12-10-19(25)24-11-8-9-18(24)21(27)28-7/h13-14,18,26H,8-12H2,1-7H3/t18-/m0/s1. The monoisotopic (exact) mass is 421 g/mol. The number of aromatic hydroxyl groups is 1. The highest BCUT2D eigenvalue weighted by molar-refractivity contribution is 7.99. The van der Waals surface area contributed by atoms with Crippen molar-refractivity contribution in [3.63, 3.8) is 0 Å². The average molecular weight is 422 g/mol. The first-order valence-corrected chi connectivity index (χ1v) is 11.2. The Bertz CT molecular complexity index is 726. The Morgan fingerprint density at radius 1 is 1.14 bits per heavy atom. The molecule has 1 aliphatic rings. The van der Waals surface area contributed by atoms with E-state index in [0.29, 0.717) is 30.9 Å². The number of ether oxygens (including phenoxy) is 1. The smallest absolute Gasteiger partial charge is 0.328 e. The van der Waals surface area contributed by atoms with Crippen LogP contribution in [0.4, 0.5) is 0 Å². The molecule has 2 rings (SSSR count). The van der Waals surface area contributed by atoms with Gasteiger partial charge in [-0.1, -0.05) is 41.5 Å². The van der Waals surface area contributed by atoms with E-state index >= 15 is 0 Å². The third kappa shape index (κ3) is 5.68. The quantitative estimate of drug-likeness (QED) is 0.554. The molecule has 6 heteroatoms. The van der Waals surface area contributed by atoms with Gasteiger partial charge in [-0.15, -0.1) is 11.8 Å². The van der Waals surface area contributed by atoms with Gasteiger partial charge in [0.15, 0.2) is 0 Å². The number of nitrogens with zero attached hydrogens (tertiary/aromatic N) is 1. The molecule has 0 unspecified atom stereocenters. The van der Waals surface area contributed by atoms with Crippen LogP contribution in [0.1, 0.15) is 71.9 Å². The minimum absolute atomic E-state index is 0.00346. The Labute approximate surface area is 179 Å². The van der Waals surface area contributed by atoms with Gasteiger partial charge in [0.25, 0.3) is 0 Å². The lowest BCUT2D eigenvalue weighted by Crippen LogP contribution is -2.41. The predicted octanol–water partition coefficient (Wildman–Crippen LogP) is 4.63. The van der Waals surface area contributed by atoms with Crippen LogP contribution in [0.3, 0.4) is 0 Å². The normalized spacial score (nSPS) is 17.5. The van der Waals surface area contributed by atoms with Crippen LogP contribution in [0.2, 0.25) is 0 Å². The highest BCUT2D eigenvalue weighted by Gasteiger charge is 2.34. The zero-order valence-electron chi connectivity index (χ0n) is 18.8. The summed E-state index contributed by atoms with van der Waals surface area (Å²) in [6.45, 7) is 13.2. The number of likely N-dealkylation sites (tertiary alicyclic amines) is 1. The van der Waals surface area contributed by atoms with Gasteiger partial charge < -0.3 is 14.7 Å². The zero-order valence-corrected chi connectivity index (χ0v) is 19.6. The molecule has 1 amide bonds. The van der Waals surface area contributed by atoms with Gasteiger partial charge in [-0.05, 0) is 35.8 Å². The number of amides is 1. The number of thioether (sulfide) groups is 1. The lowest BCUT2D eigenvalue weighted by Gasteiger charge is -2.28. The lowest BCUT2D eigenvalue weighted by atomic mass is 9.79. The first-order chi connectivity index (χ1) is 13.4. The number of phenols is 1. The van der Waals surface area contributed by atoms with Gasteiger partial charge in [-0.25, -0.2) is 4.79 Å². The van der Waals surface area contributed by atoms with Crippen LogP contribution in [-0.2, 0) is 25.2 Å². The second-order valence-corrected chi connectivity index (χ2v) is 10.9. The lowest BCUT2D eigenvalue weighted by molar-refractivity contribution is -0.150. The minimum Gasteiger partial charge on any atom is -0.507 e. The number of rotatable bonds is 5. The number of carbonyl (C=O) groups is 2. The highest BCUT2D eigenvalue weighted by atomic mass is 32.2. The van der Waals surface area contributed by atoms with Gasteiger partial charge >= 0.3 is 5.97 Å². The van der Waals surface area contributed by atoms with E-state index in [1.165, 1.54) is 7.11 Å². The Kier molecular flexibility index (Phi) is 7.31. The first-order valence-electron chi connectivity index (χ1n) is 10.2. The molecule has 1 fully saturated rings. The molecule has 1 heterocycles. The summed E-state index contributed by atoms with van der Waals surface area (Å²) >= 11 is 1.62. The summed E-state index contributed by atoms with van der Waals surface area (Å²) in [5.74, 6) is 0.660. The molecule has 1 saturated heterocycles. The van der Waals surface area contributed by atoms with E-state index in [1.54, 1.807) is 16.7 Å². The van der Waals surface area contributed by atoms with E-state index in [4.69, 9.17) is 4.74 Å². The van der Waals surface area contributed by atoms with E-state index in [1.807, 2.05) is 12.1 Å². The molecular weight excluding hydrogens is 386 g/mol. The third-order valence-electron chi connectivity index (χ3n) is 5.33. The Hall–Kier alpha value is -1.69. The molecule has 0 bridgehead atoms. The molecule has 1 aromatic carbocycles. The number of benzene rings is 1. The summed E-state index contributed by atoms with van der Waals surface area (Å²) in [5.41, 5.74) is 1.48. The fraction of sp³-hybridized carbons (Fsp3) is 0.652. The van der Waals surface area contributed by atoms with Crippen molar-refractivity contribution < 1.29 is 19.4 Å². The Balaban J connectivity index is 2.12. The molecule has 1 atom stereocenters. The van der Waals surface area contributed by atoms with E-state index in [0.717, 1.165) is 22.4 Å². The number of esters is 1. The summed E-state index contributed by atoms with van der Waals surface area (Å²) in [6, 6.07) is 3.63. The molecular formula is C23H35NO4S. The summed E-state index contributed by atoms with van der Waals surface area (Å²) in [6.07, 6.45) is 1.88. The largest absolute Gasteiger partial charge is 0.507 e. The molecule has 1 N–H and O–H groups in total. The molecule has 162 valence electrons. The SMILES string of the molecule is COC(=O)[C@@H]1CCCN1C(=O)CCSc1cc(C(C)(C)C)c(O)c(C(C)(C)C)c1. The van der Waals surface area contributed by atoms with Crippen LogP contribution < -0.4 is 0 Å². The van der Waals surface area contributed by atoms with Gasteiger partial charge in [-0.2, -0.15) is 0 Å². The van der Waals surface area contributed by atoms with Crippen LogP contribution in [0, 0.1) is 0 Å². The van der Waals surface area contributed by atoms with Crippen molar-refractivity contribution in [3.05, 3.63) is 23.3 Å². The van der Waals surface area contributed by atoms with Crippen LogP contribution >= 0.6 is 11.8 Å². The Morgan fingerprint density at radius 2 is 1.69 bits per heavy atom. The number of hydrogen-bond acceptors (Lipinski definition) is 5. The molecule has 1 aliphatic heterocycles. The summed E-state index contributed by atoms with van der Waals surface area (Å²) in [5, 5.41) is 10.8. The van der Waals surface area contributed by atoms with Gasteiger partial charge in [0, 0.05) is 34.7 Å². The van der Waals surface area contributed by atoms with Crippen molar-refractivity contribution in [3.8, 4) is 5.75 Å². The van der Waals surface area contributed by atoms with Crippen molar-refractivity contribution in [2.45, 2.75) is 82.6 Å². The average Bonchev–Trinajstić information content (AvgIpc) is 3.10. The van der Waals surface area contributed by atoms with Crippen molar-refractivity contribution in [1.29, 1.82) is 0 Å². The number of phenolic OH excluding ortho intramolecular Hbond substituents is 1. The molecule has 0 spiro atoms. The topological polar surface area (TPSA) is 66.8 Å². The van der Waals surface area contributed by atoms with Gasteiger partial charge in [0.1, 0.15) is 11.8 Å². The molecule has 1 aromatic rings. The highest BCUT2D eigenvalue weighted by Crippen LogP contribution is 2.41. The maximum Gasteiger partial charge on any atom is 0.328 e. The fourth-order valence-electron chi connectivity index (χ4n) is 3.68. The zero-order chi connectivity index (χ0) is 22.0. The molecule has 0 aliphatic carbocycles. The molecule has 5 nitrogen and oxygen atoms in total. The molecule has 0 saturated carbocycles. The summed E-state index contributed by atoms with van der Waals surface area (Å²) in [4.78, 5) is 27.2. The van der Waals surface area contributed by atoms with Crippen molar-refractivity contribution in [1.82, 2.24) is 4.90 Å². The Morgan fingerprint density at radius 3 is 2.17 bits per heavy atom. The number of carbonyl (C=O) groups excluding carboxylic acids is 2. The molecule has 0 radical (unpaired) electrons.